The summed E-state index contributed by atoms with van der Waals surface area (Å²) in [6.07, 6.45) is 0. The highest BCUT2D eigenvalue weighted by Crippen LogP contribution is 2.26. The molecular weight excluding hydrogens is 232 g/mol. The summed E-state index contributed by atoms with van der Waals surface area (Å²) in [6.45, 7) is 2.09. The normalized spacial score (nSPS) is 12.4. The zero-order valence-electron chi connectivity index (χ0n) is 9.94. The predicted molar refractivity (Wildman–Crippen MR) is 71.2 cm³/mol. The van der Waals surface area contributed by atoms with Gasteiger partial charge < -0.3 is 4.74 Å². The fraction of sp³-hybridized carbons (Fsp3) is 0.231. The Hall–Kier alpha value is -1.36. The van der Waals surface area contributed by atoms with Gasteiger partial charge in [0.2, 0.25) is 0 Å². The lowest BCUT2D eigenvalue weighted by atomic mass is 10.0. The fourth-order valence-corrected chi connectivity index (χ4v) is 2.53. The van der Waals surface area contributed by atoms with E-state index in [0.717, 1.165) is 11.3 Å². The minimum atomic E-state index is 0.0332. The molecule has 0 saturated heterocycles. The molecule has 2 aromatic rings. The molecule has 0 spiro atoms. The van der Waals surface area contributed by atoms with Crippen molar-refractivity contribution < 1.29 is 4.74 Å². The van der Waals surface area contributed by atoms with Gasteiger partial charge in [-0.15, -0.1) is 11.3 Å². The van der Waals surface area contributed by atoms with E-state index in [1.54, 1.807) is 18.4 Å². The van der Waals surface area contributed by atoms with Gasteiger partial charge in [-0.05, 0) is 41.6 Å². The molecule has 1 unspecified atom stereocenters. The number of aryl methyl sites for hydroxylation is 1. The number of hydrogen-bond acceptors (Lipinski definition) is 4. The number of nitrogens with one attached hydrogen (secondary N) is 1. The van der Waals surface area contributed by atoms with Crippen molar-refractivity contribution in [3.63, 3.8) is 0 Å². The van der Waals surface area contributed by atoms with Crippen LogP contribution < -0.4 is 16.0 Å². The van der Waals surface area contributed by atoms with E-state index in [1.165, 1.54) is 10.4 Å². The van der Waals surface area contributed by atoms with Crippen molar-refractivity contribution in [2.24, 2.45) is 5.84 Å². The predicted octanol–water partition coefficient (Wildman–Crippen LogP) is 2.62. The summed E-state index contributed by atoms with van der Waals surface area (Å²) in [5, 5.41) is 2.13. The maximum absolute atomic E-state index is 5.64. The maximum Gasteiger partial charge on any atom is 0.118 e. The zero-order chi connectivity index (χ0) is 12.3. The van der Waals surface area contributed by atoms with E-state index in [9.17, 15) is 0 Å². The van der Waals surface area contributed by atoms with E-state index < -0.39 is 0 Å². The third-order valence-corrected chi connectivity index (χ3v) is 3.58. The van der Waals surface area contributed by atoms with Crippen LogP contribution in [-0.4, -0.2) is 7.11 Å². The van der Waals surface area contributed by atoms with Crippen LogP contribution in [0.4, 0.5) is 0 Å². The smallest absolute Gasteiger partial charge is 0.118 e. The van der Waals surface area contributed by atoms with Gasteiger partial charge in [-0.3, -0.25) is 5.84 Å². The molecule has 4 heteroatoms. The van der Waals surface area contributed by atoms with Gasteiger partial charge >= 0.3 is 0 Å². The van der Waals surface area contributed by atoms with E-state index in [4.69, 9.17) is 10.6 Å². The first kappa shape index (κ1) is 12.1. The molecule has 17 heavy (non-hydrogen) atoms. The number of nitrogens with two attached hydrogens (primary N) is 1. The van der Waals surface area contributed by atoms with Crippen LogP contribution in [-0.2, 0) is 0 Å². The van der Waals surface area contributed by atoms with Crippen LogP contribution in [0.5, 0.6) is 5.75 Å². The van der Waals surface area contributed by atoms with Crippen molar-refractivity contribution in [3.8, 4) is 5.75 Å². The molecule has 0 amide bonds. The molecular formula is C13H16N2OS. The van der Waals surface area contributed by atoms with E-state index in [-0.39, 0.29) is 6.04 Å². The average molecular weight is 248 g/mol. The second-order valence-electron chi connectivity index (χ2n) is 3.86. The van der Waals surface area contributed by atoms with Crippen LogP contribution in [0, 0.1) is 6.92 Å². The third-order valence-electron chi connectivity index (χ3n) is 2.70. The van der Waals surface area contributed by atoms with Gasteiger partial charge in [-0.2, -0.15) is 0 Å². The van der Waals surface area contributed by atoms with Crippen molar-refractivity contribution in [1.29, 1.82) is 0 Å². The molecule has 1 aromatic heterocycles. The quantitative estimate of drug-likeness (QED) is 0.646. The third kappa shape index (κ3) is 2.66. The van der Waals surface area contributed by atoms with Crippen molar-refractivity contribution in [2.75, 3.05) is 7.11 Å². The molecule has 0 aliphatic rings. The number of hydrogen-bond donors (Lipinski definition) is 2. The molecule has 0 radical (unpaired) electrons. The standard InChI is InChI=1S/C13H16N2OS/c1-9-7-11(8-17-9)13(15-14)10-3-5-12(16-2)6-4-10/h3-8,13,15H,14H2,1-2H3. The van der Waals surface area contributed by atoms with E-state index in [0.29, 0.717) is 0 Å². The molecule has 1 heterocycles. The Balaban J connectivity index is 2.28. The topological polar surface area (TPSA) is 47.3 Å². The number of benzene rings is 1. The molecule has 0 aliphatic carbocycles. The summed E-state index contributed by atoms with van der Waals surface area (Å²) >= 11 is 1.73. The van der Waals surface area contributed by atoms with Crippen molar-refractivity contribution in [3.05, 3.63) is 51.7 Å². The Labute approximate surface area is 105 Å². The van der Waals surface area contributed by atoms with Crippen LogP contribution in [0.15, 0.2) is 35.7 Å². The Morgan fingerprint density at radius 1 is 1.24 bits per heavy atom. The van der Waals surface area contributed by atoms with E-state index >= 15 is 0 Å². The second kappa shape index (κ2) is 5.31. The highest BCUT2D eigenvalue weighted by molar-refractivity contribution is 7.10. The second-order valence-corrected chi connectivity index (χ2v) is 4.98. The molecule has 90 valence electrons. The molecule has 1 atom stereocenters. The molecule has 0 bridgehead atoms. The molecule has 0 aliphatic heterocycles. The lowest BCUT2D eigenvalue weighted by Gasteiger charge is -2.15. The Kier molecular flexibility index (Phi) is 3.78. The van der Waals surface area contributed by atoms with Gasteiger partial charge in [0.1, 0.15) is 5.75 Å². The molecule has 3 nitrogen and oxygen atoms in total. The number of ether oxygens (including phenoxy) is 1. The van der Waals surface area contributed by atoms with Crippen molar-refractivity contribution >= 4 is 11.3 Å². The lowest BCUT2D eigenvalue weighted by Crippen LogP contribution is -2.28. The molecule has 3 N–H and O–H groups in total. The van der Waals surface area contributed by atoms with Gasteiger partial charge in [0.25, 0.3) is 0 Å². The number of rotatable bonds is 4. The molecule has 0 saturated carbocycles. The van der Waals surface area contributed by atoms with Gasteiger partial charge in [0.05, 0.1) is 13.2 Å². The molecule has 0 fully saturated rings. The van der Waals surface area contributed by atoms with Gasteiger partial charge in [-0.25, -0.2) is 5.43 Å². The first-order valence-electron chi connectivity index (χ1n) is 5.39. The molecule has 2 rings (SSSR count). The van der Waals surface area contributed by atoms with Crippen molar-refractivity contribution in [2.45, 2.75) is 13.0 Å². The van der Waals surface area contributed by atoms with Gasteiger partial charge in [-0.1, -0.05) is 12.1 Å². The minimum absolute atomic E-state index is 0.0332. The zero-order valence-corrected chi connectivity index (χ0v) is 10.8. The summed E-state index contributed by atoms with van der Waals surface area (Å²) in [5.41, 5.74) is 5.18. The fourth-order valence-electron chi connectivity index (χ4n) is 1.80. The summed E-state index contributed by atoms with van der Waals surface area (Å²) < 4.78 is 5.14. The lowest BCUT2D eigenvalue weighted by molar-refractivity contribution is 0.414. The minimum Gasteiger partial charge on any atom is -0.497 e. The summed E-state index contributed by atoms with van der Waals surface area (Å²) in [4.78, 5) is 1.29. The number of hydrazine groups is 1. The summed E-state index contributed by atoms with van der Waals surface area (Å²) in [5.74, 6) is 6.49. The van der Waals surface area contributed by atoms with Crippen LogP contribution in [0.25, 0.3) is 0 Å². The molecule has 1 aromatic carbocycles. The largest absolute Gasteiger partial charge is 0.497 e. The monoisotopic (exact) mass is 248 g/mol. The van der Waals surface area contributed by atoms with Crippen LogP contribution in [0.2, 0.25) is 0 Å². The van der Waals surface area contributed by atoms with E-state index in [1.807, 2.05) is 24.3 Å². The Bertz CT molecular complexity index is 478. The first-order valence-corrected chi connectivity index (χ1v) is 6.27. The summed E-state index contributed by atoms with van der Waals surface area (Å²) in [6, 6.07) is 10.1. The van der Waals surface area contributed by atoms with Crippen LogP contribution >= 0.6 is 11.3 Å². The first-order chi connectivity index (χ1) is 8.24. The van der Waals surface area contributed by atoms with Crippen molar-refractivity contribution in [1.82, 2.24) is 5.43 Å². The average Bonchev–Trinajstić information content (AvgIpc) is 2.78. The number of methoxy groups -OCH3 is 1. The van der Waals surface area contributed by atoms with Crippen LogP contribution in [0.3, 0.4) is 0 Å². The highest BCUT2D eigenvalue weighted by atomic mass is 32.1. The van der Waals surface area contributed by atoms with Crippen LogP contribution in [0.1, 0.15) is 22.0 Å². The van der Waals surface area contributed by atoms with Gasteiger partial charge in [0, 0.05) is 4.88 Å². The van der Waals surface area contributed by atoms with E-state index in [2.05, 4.69) is 23.8 Å². The number of thiophene rings is 1. The summed E-state index contributed by atoms with van der Waals surface area (Å²) in [7, 11) is 1.66. The maximum atomic E-state index is 5.64. The van der Waals surface area contributed by atoms with Gasteiger partial charge in [0.15, 0.2) is 0 Å². The SMILES string of the molecule is COc1ccc(C(NN)c2csc(C)c2)cc1. The Morgan fingerprint density at radius 2 is 1.94 bits per heavy atom. The Morgan fingerprint density at radius 3 is 2.41 bits per heavy atom. The highest BCUT2D eigenvalue weighted by Gasteiger charge is 2.13.